The summed E-state index contributed by atoms with van der Waals surface area (Å²) in [6.07, 6.45) is 9.39. The number of allylic oxidation sites excluding steroid dienone is 4. The number of rotatable bonds is 3. The fraction of sp³-hybridized carbons (Fsp3) is 0.0612. The van der Waals surface area contributed by atoms with Gasteiger partial charge in [-0.05, 0) is 98.1 Å². The third-order valence-corrected chi connectivity index (χ3v) is 12.2. The molecule has 3 aliphatic carbocycles. The molecule has 3 atom stereocenters. The number of para-hydroxylation sites is 1. The number of hydrogen-bond donors (Lipinski definition) is 0. The van der Waals surface area contributed by atoms with Crippen molar-refractivity contribution in [1.82, 2.24) is 4.57 Å². The summed E-state index contributed by atoms with van der Waals surface area (Å²) in [5.74, 6) is 0.650. The summed E-state index contributed by atoms with van der Waals surface area (Å²) in [6, 6.07) is 58.9. The maximum Gasteiger partial charge on any atom is 0.0547 e. The summed E-state index contributed by atoms with van der Waals surface area (Å²) in [4.78, 5) is 0. The molecule has 0 bridgehead atoms. The lowest BCUT2D eigenvalue weighted by atomic mass is 9.65. The van der Waals surface area contributed by atoms with E-state index in [0.717, 1.165) is 4.47 Å². The Hall–Kier alpha value is -5.70. The van der Waals surface area contributed by atoms with Crippen LogP contribution in [-0.4, -0.2) is 4.57 Å². The Balaban J connectivity index is 1.15. The van der Waals surface area contributed by atoms with Crippen molar-refractivity contribution in [1.29, 1.82) is 0 Å². The van der Waals surface area contributed by atoms with Crippen molar-refractivity contribution in [2.45, 2.75) is 11.3 Å². The number of nitrogens with zero attached hydrogens (tertiary/aromatic N) is 1. The number of benzene rings is 7. The smallest absolute Gasteiger partial charge is 0.0547 e. The molecule has 0 fully saturated rings. The van der Waals surface area contributed by atoms with Crippen LogP contribution in [0.3, 0.4) is 0 Å². The number of hydrogen-bond acceptors (Lipinski definition) is 0. The molecule has 1 nitrogen and oxygen atoms in total. The molecule has 51 heavy (non-hydrogen) atoms. The van der Waals surface area contributed by atoms with Crippen LogP contribution in [0.25, 0.3) is 60.9 Å². The fourth-order valence-electron chi connectivity index (χ4n) is 9.71. The largest absolute Gasteiger partial charge is 0.309 e. The third kappa shape index (κ3) is 4.03. The summed E-state index contributed by atoms with van der Waals surface area (Å²) in [5, 5.41) is 2.54. The molecule has 0 saturated heterocycles. The van der Waals surface area contributed by atoms with Gasteiger partial charge in [-0.1, -0.05) is 155 Å². The van der Waals surface area contributed by atoms with Gasteiger partial charge in [0.25, 0.3) is 0 Å². The number of fused-ring (bicyclic) bond motifs is 13. The van der Waals surface area contributed by atoms with Crippen LogP contribution < -0.4 is 0 Å². The van der Waals surface area contributed by atoms with E-state index in [0.29, 0.717) is 11.8 Å². The molecule has 0 radical (unpaired) electrons. The molecule has 7 aromatic carbocycles. The van der Waals surface area contributed by atoms with E-state index in [1.54, 1.807) is 0 Å². The molecule has 0 N–H and O–H groups in total. The van der Waals surface area contributed by atoms with Crippen molar-refractivity contribution >= 4 is 37.7 Å². The lowest BCUT2D eigenvalue weighted by molar-refractivity contribution is 0.465. The minimum absolute atomic E-state index is 0.263. The molecule has 3 aliphatic rings. The Bertz CT molecular complexity index is 2800. The van der Waals surface area contributed by atoms with E-state index < -0.39 is 0 Å². The van der Waals surface area contributed by atoms with Crippen molar-refractivity contribution < 1.29 is 0 Å². The first kappa shape index (κ1) is 29.1. The van der Waals surface area contributed by atoms with Crippen LogP contribution in [-0.2, 0) is 5.41 Å². The standard InChI is InChI=1S/C49H32BrN/c50-35-14-10-13-33(28-35)31-11-9-12-32(27-31)34-23-25-42-41-18-4-8-22-47(41)51(48(42)29-34)36-24-26-40-39-17-3-7-21-45(39)49(46(40)30-36)43-19-5-1-15-37(43)38-16-2-6-20-44(38)49/h1-30,37,43H. The third-order valence-electron chi connectivity index (χ3n) is 11.7. The van der Waals surface area contributed by atoms with Crippen molar-refractivity contribution in [3.63, 3.8) is 0 Å². The topological polar surface area (TPSA) is 4.93 Å². The minimum Gasteiger partial charge on any atom is -0.309 e. The summed E-state index contributed by atoms with van der Waals surface area (Å²) < 4.78 is 3.58. The molecule has 0 amide bonds. The van der Waals surface area contributed by atoms with Gasteiger partial charge in [-0.3, -0.25) is 0 Å². The molecule has 1 spiro atoms. The molecule has 1 heterocycles. The summed E-state index contributed by atoms with van der Waals surface area (Å²) >= 11 is 3.66. The van der Waals surface area contributed by atoms with Gasteiger partial charge in [0, 0.05) is 32.8 Å². The Morgan fingerprint density at radius 1 is 0.471 bits per heavy atom. The second-order valence-electron chi connectivity index (χ2n) is 14.2. The molecular weight excluding hydrogens is 682 g/mol. The van der Waals surface area contributed by atoms with Gasteiger partial charge in [-0.2, -0.15) is 0 Å². The molecule has 2 heteroatoms. The lowest BCUT2D eigenvalue weighted by Crippen LogP contribution is -2.33. The number of aromatic nitrogens is 1. The van der Waals surface area contributed by atoms with E-state index in [4.69, 9.17) is 0 Å². The van der Waals surface area contributed by atoms with Crippen LogP contribution in [0.5, 0.6) is 0 Å². The molecule has 240 valence electrons. The molecular formula is C49H32BrN. The molecule has 0 aliphatic heterocycles. The highest BCUT2D eigenvalue weighted by molar-refractivity contribution is 9.10. The van der Waals surface area contributed by atoms with E-state index >= 15 is 0 Å². The second kappa shape index (κ2) is 10.9. The Labute approximate surface area is 306 Å². The summed E-state index contributed by atoms with van der Waals surface area (Å²) in [6.45, 7) is 0. The van der Waals surface area contributed by atoms with Gasteiger partial charge >= 0.3 is 0 Å². The molecule has 1 aromatic heterocycles. The number of halogens is 1. The van der Waals surface area contributed by atoms with Crippen molar-refractivity contribution in [2.75, 3.05) is 0 Å². The van der Waals surface area contributed by atoms with E-state index in [1.165, 1.54) is 83.1 Å². The van der Waals surface area contributed by atoms with E-state index in [-0.39, 0.29) is 5.41 Å². The van der Waals surface area contributed by atoms with Crippen molar-refractivity contribution in [2.24, 2.45) is 5.92 Å². The average molecular weight is 715 g/mol. The maximum atomic E-state index is 3.66. The van der Waals surface area contributed by atoms with Crippen LogP contribution in [0.4, 0.5) is 0 Å². The predicted molar refractivity (Wildman–Crippen MR) is 216 cm³/mol. The van der Waals surface area contributed by atoms with Gasteiger partial charge in [0.05, 0.1) is 16.4 Å². The van der Waals surface area contributed by atoms with Crippen LogP contribution in [0, 0.1) is 5.92 Å². The van der Waals surface area contributed by atoms with Gasteiger partial charge in [0.1, 0.15) is 0 Å². The van der Waals surface area contributed by atoms with E-state index in [2.05, 4.69) is 203 Å². The van der Waals surface area contributed by atoms with Crippen molar-refractivity contribution in [3.8, 4) is 39.1 Å². The van der Waals surface area contributed by atoms with Gasteiger partial charge in [0.15, 0.2) is 0 Å². The van der Waals surface area contributed by atoms with Crippen LogP contribution in [0.2, 0.25) is 0 Å². The molecule has 8 aromatic rings. The van der Waals surface area contributed by atoms with Gasteiger partial charge in [-0.25, -0.2) is 0 Å². The normalized spacial score (nSPS) is 19.4. The summed E-state index contributed by atoms with van der Waals surface area (Å²) in [5.41, 5.74) is 16.6. The Kier molecular flexibility index (Phi) is 6.21. The highest BCUT2D eigenvalue weighted by Crippen LogP contribution is 2.65. The quantitative estimate of drug-likeness (QED) is 0.172. The Morgan fingerprint density at radius 2 is 1.16 bits per heavy atom. The predicted octanol–water partition coefficient (Wildman–Crippen LogP) is 13.0. The van der Waals surface area contributed by atoms with Crippen molar-refractivity contribution in [3.05, 3.63) is 209 Å². The van der Waals surface area contributed by atoms with Crippen LogP contribution in [0.1, 0.15) is 28.2 Å². The van der Waals surface area contributed by atoms with Gasteiger partial charge in [0.2, 0.25) is 0 Å². The van der Waals surface area contributed by atoms with E-state index in [1.807, 2.05) is 0 Å². The van der Waals surface area contributed by atoms with Crippen LogP contribution >= 0.6 is 15.9 Å². The molecule has 3 unspecified atom stereocenters. The molecule has 11 rings (SSSR count). The molecule has 0 saturated carbocycles. The first-order valence-corrected chi connectivity index (χ1v) is 18.6. The zero-order chi connectivity index (χ0) is 33.7. The van der Waals surface area contributed by atoms with Gasteiger partial charge < -0.3 is 4.57 Å². The zero-order valence-corrected chi connectivity index (χ0v) is 29.4. The lowest BCUT2D eigenvalue weighted by Gasteiger charge is -2.36. The Morgan fingerprint density at radius 3 is 2.04 bits per heavy atom. The highest BCUT2D eigenvalue weighted by atomic mass is 79.9. The van der Waals surface area contributed by atoms with Gasteiger partial charge in [-0.15, -0.1) is 0 Å². The van der Waals surface area contributed by atoms with E-state index in [9.17, 15) is 0 Å². The zero-order valence-electron chi connectivity index (χ0n) is 27.8. The first-order valence-electron chi connectivity index (χ1n) is 17.8. The average Bonchev–Trinajstić information content (AvgIpc) is 3.79. The first-order chi connectivity index (χ1) is 25.2. The highest BCUT2D eigenvalue weighted by Gasteiger charge is 2.57. The monoisotopic (exact) mass is 713 g/mol. The summed E-state index contributed by atoms with van der Waals surface area (Å²) in [7, 11) is 0. The second-order valence-corrected chi connectivity index (χ2v) is 15.1. The SMILES string of the molecule is Brc1cccc(-c2cccc(-c3ccc4c5ccccc5n(-c5ccc6c(c5)C5(c7ccccc7-6)c6ccccc6C6C=CC=CC65)c4c3)c2)c1. The maximum absolute atomic E-state index is 3.66. The fourth-order valence-corrected chi connectivity index (χ4v) is 10.1. The van der Waals surface area contributed by atoms with Crippen LogP contribution in [0.15, 0.2) is 187 Å². The minimum atomic E-state index is -0.263.